The van der Waals surface area contributed by atoms with Crippen molar-refractivity contribution >= 4 is 33.7 Å². The molecule has 2 heterocycles. The third-order valence-electron chi connectivity index (χ3n) is 3.71. The van der Waals surface area contributed by atoms with Crippen molar-refractivity contribution in [3.05, 3.63) is 44.3 Å². The van der Waals surface area contributed by atoms with Crippen molar-refractivity contribution in [1.29, 1.82) is 0 Å². The zero-order valence-electron chi connectivity index (χ0n) is 14.4. The molecule has 1 amide bonds. The van der Waals surface area contributed by atoms with Crippen molar-refractivity contribution in [3.63, 3.8) is 0 Å². The monoisotopic (exact) mass is 391 g/mol. The van der Waals surface area contributed by atoms with Gasteiger partial charge in [0, 0.05) is 22.0 Å². The highest BCUT2D eigenvalue weighted by atomic mass is 32.1. The van der Waals surface area contributed by atoms with Crippen LogP contribution < -0.4 is 19.7 Å². The average molecular weight is 391 g/mol. The Morgan fingerprint density at radius 3 is 2.62 bits per heavy atom. The molecule has 7 nitrogen and oxygen atoms in total. The third-order valence-corrected chi connectivity index (χ3v) is 5.35. The molecule has 0 saturated carbocycles. The molecular formula is C17H17N3O4S2. The highest BCUT2D eigenvalue weighted by Crippen LogP contribution is 2.33. The predicted octanol–water partition coefficient (Wildman–Crippen LogP) is 3.00. The van der Waals surface area contributed by atoms with E-state index in [0.29, 0.717) is 16.6 Å². The lowest BCUT2D eigenvalue weighted by atomic mass is 10.1. The number of aryl methyl sites for hydroxylation is 1. The van der Waals surface area contributed by atoms with Crippen LogP contribution in [0.15, 0.2) is 33.8 Å². The molecule has 0 fully saturated rings. The molecule has 3 rings (SSSR count). The molecule has 0 aliphatic carbocycles. The highest BCUT2D eigenvalue weighted by molar-refractivity contribution is 7.14. The molecule has 0 radical (unpaired) electrons. The van der Waals surface area contributed by atoms with E-state index in [1.165, 1.54) is 15.9 Å². The minimum atomic E-state index is -0.290. The molecule has 136 valence electrons. The van der Waals surface area contributed by atoms with Gasteiger partial charge in [-0.2, -0.15) is 0 Å². The summed E-state index contributed by atoms with van der Waals surface area (Å²) >= 11 is 2.40. The Morgan fingerprint density at radius 2 is 1.96 bits per heavy atom. The largest absolute Gasteiger partial charge is 0.493 e. The van der Waals surface area contributed by atoms with Gasteiger partial charge in [0.1, 0.15) is 6.54 Å². The Hall–Kier alpha value is -2.65. The van der Waals surface area contributed by atoms with Crippen LogP contribution in [0.5, 0.6) is 11.5 Å². The van der Waals surface area contributed by atoms with E-state index in [1.807, 2.05) is 17.5 Å². The lowest BCUT2D eigenvalue weighted by molar-refractivity contribution is -0.116. The summed E-state index contributed by atoms with van der Waals surface area (Å²) in [6, 6.07) is 5.50. The van der Waals surface area contributed by atoms with Gasteiger partial charge < -0.3 is 14.8 Å². The van der Waals surface area contributed by atoms with Gasteiger partial charge in [0.25, 0.3) is 0 Å². The number of nitrogens with one attached hydrogen (secondary N) is 1. The Morgan fingerprint density at radius 1 is 1.19 bits per heavy atom. The number of methoxy groups -OCH3 is 2. The first-order valence-electron chi connectivity index (χ1n) is 7.64. The predicted molar refractivity (Wildman–Crippen MR) is 103 cm³/mol. The first kappa shape index (κ1) is 18.2. The van der Waals surface area contributed by atoms with Crippen molar-refractivity contribution in [1.82, 2.24) is 9.55 Å². The number of carbonyl (C=O) groups is 1. The molecule has 0 aliphatic rings. The zero-order valence-corrected chi connectivity index (χ0v) is 16.1. The van der Waals surface area contributed by atoms with E-state index in [0.717, 1.165) is 28.3 Å². The Labute approximate surface area is 157 Å². The summed E-state index contributed by atoms with van der Waals surface area (Å²) < 4.78 is 12.0. The van der Waals surface area contributed by atoms with Gasteiger partial charge in [-0.05, 0) is 25.1 Å². The minimum absolute atomic E-state index is 0.0283. The maximum Gasteiger partial charge on any atom is 0.307 e. The lowest BCUT2D eigenvalue weighted by Crippen LogP contribution is -2.25. The van der Waals surface area contributed by atoms with Crippen LogP contribution in [0.25, 0.3) is 11.3 Å². The van der Waals surface area contributed by atoms with Crippen LogP contribution in [0.3, 0.4) is 0 Å². The van der Waals surface area contributed by atoms with Gasteiger partial charge in [-0.3, -0.25) is 14.2 Å². The molecule has 9 heteroatoms. The molecule has 1 N–H and O–H groups in total. The van der Waals surface area contributed by atoms with E-state index in [1.54, 1.807) is 32.6 Å². The van der Waals surface area contributed by atoms with Crippen LogP contribution in [0.1, 0.15) is 5.69 Å². The number of rotatable bonds is 6. The quantitative estimate of drug-likeness (QED) is 0.698. The molecule has 2 aromatic heterocycles. The Bertz CT molecular complexity index is 990. The molecule has 0 aliphatic heterocycles. The maximum absolute atomic E-state index is 12.2. The first-order valence-corrected chi connectivity index (χ1v) is 9.40. The molecule has 26 heavy (non-hydrogen) atoms. The summed E-state index contributed by atoms with van der Waals surface area (Å²) in [5, 5.41) is 6.78. The van der Waals surface area contributed by atoms with E-state index in [4.69, 9.17) is 9.47 Å². The summed E-state index contributed by atoms with van der Waals surface area (Å²) in [5.41, 5.74) is 2.33. The van der Waals surface area contributed by atoms with Crippen LogP contribution in [0.4, 0.5) is 5.13 Å². The van der Waals surface area contributed by atoms with Gasteiger partial charge >= 0.3 is 4.87 Å². The molecule has 0 spiro atoms. The second kappa shape index (κ2) is 7.71. The second-order valence-corrected chi connectivity index (χ2v) is 7.06. The minimum Gasteiger partial charge on any atom is -0.493 e. The summed E-state index contributed by atoms with van der Waals surface area (Å²) in [5.74, 6) is 0.953. The van der Waals surface area contributed by atoms with Crippen molar-refractivity contribution in [3.8, 4) is 22.8 Å². The molecule has 3 aromatic rings. The number of anilines is 1. The summed E-state index contributed by atoms with van der Waals surface area (Å²) in [7, 11) is 3.15. The van der Waals surface area contributed by atoms with Crippen LogP contribution in [0.2, 0.25) is 0 Å². The van der Waals surface area contributed by atoms with Gasteiger partial charge in [-0.25, -0.2) is 4.98 Å². The fraction of sp³-hybridized carbons (Fsp3) is 0.235. The normalized spacial score (nSPS) is 10.6. The Kier molecular flexibility index (Phi) is 5.38. The first-order chi connectivity index (χ1) is 12.5. The average Bonchev–Trinajstić information content (AvgIpc) is 3.23. The molecule has 0 saturated heterocycles. The van der Waals surface area contributed by atoms with Crippen LogP contribution in [-0.2, 0) is 11.3 Å². The van der Waals surface area contributed by atoms with E-state index in [2.05, 4.69) is 10.3 Å². The number of ether oxygens (including phenoxy) is 2. The van der Waals surface area contributed by atoms with Gasteiger partial charge in [0.15, 0.2) is 16.6 Å². The van der Waals surface area contributed by atoms with Crippen LogP contribution in [-0.4, -0.2) is 29.7 Å². The standard InChI is InChI=1S/C17H17N3O4S2/c1-10-8-26-17(22)20(10)7-15(21)19-16-18-12(9-25-16)11-4-5-13(23-2)14(6-11)24-3/h4-6,8-9H,7H2,1-3H3,(H,18,19,21). The fourth-order valence-corrected chi connectivity index (χ4v) is 3.83. The molecule has 0 bridgehead atoms. The van der Waals surface area contributed by atoms with E-state index in [9.17, 15) is 9.59 Å². The van der Waals surface area contributed by atoms with Gasteiger partial charge in [0.05, 0.1) is 19.9 Å². The topological polar surface area (TPSA) is 82.5 Å². The molecule has 1 aromatic carbocycles. The number of thiazole rings is 2. The van der Waals surface area contributed by atoms with E-state index >= 15 is 0 Å². The SMILES string of the molecule is COc1ccc(-c2csc(NC(=O)Cn3c(C)csc3=O)n2)cc1OC. The van der Waals surface area contributed by atoms with Crippen LogP contribution >= 0.6 is 22.7 Å². The van der Waals surface area contributed by atoms with Crippen molar-refractivity contribution < 1.29 is 14.3 Å². The van der Waals surface area contributed by atoms with Crippen molar-refractivity contribution in [2.75, 3.05) is 19.5 Å². The highest BCUT2D eigenvalue weighted by Gasteiger charge is 2.13. The van der Waals surface area contributed by atoms with E-state index < -0.39 is 0 Å². The van der Waals surface area contributed by atoms with Crippen LogP contribution in [0, 0.1) is 6.92 Å². The number of amides is 1. The summed E-state index contributed by atoms with van der Waals surface area (Å²) in [6.45, 7) is 1.77. The number of nitrogens with zero attached hydrogens (tertiary/aromatic N) is 2. The van der Waals surface area contributed by atoms with Gasteiger partial charge in [-0.15, -0.1) is 11.3 Å². The maximum atomic E-state index is 12.2. The number of hydrogen-bond donors (Lipinski definition) is 1. The van der Waals surface area contributed by atoms with Crippen molar-refractivity contribution in [2.24, 2.45) is 0 Å². The molecule has 0 atom stereocenters. The van der Waals surface area contributed by atoms with Crippen molar-refractivity contribution in [2.45, 2.75) is 13.5 Å². The second-order valence-electron chi connectivity index (χ2n) is 5.38. The molecular weight excluding hydrogens is 374 g/mol. The third kappa shape index (κ3) is 3.78. The smallest absolute Gasteiger partial charge is 0.307 e. The summed E-state index contributed by atoms with van der Waals surface area (Å²) in [6.07, 6.45) is 0. The number of benzene rings is 1. The molecule has 0 unspecified atom stereocenters. The van der Waals surface area contributed by atoms with E-state index in [-0.39, 0.29) is 17.3 Å². The zero-order chi connectivity index (χ0) is 18.7. The number of carbonyl (C=O) groups excluding carboxylic acids is 1. The fourth-order valence-electron chi connectivity index (χ4n) is 2.36. The summed E-state index contributed by atoms with van der Waals surface area (Å²) in [4.78, 5) is 28.2. The lowest BCUT2D eigenvalue weighted by Gasteiger charge is -2.08. The van der Waals surface area contributed by atoms with Gasteiger partial charge in [0.2, 0.25) is 5.91 Å². The number of aromatic nitrogens is 2. The Balaban J connectivity index is 1.74. The number of hydrogen-bond acceptors (Lipinski definition) is 7. The van der Waals surface area contributed by atoms with Gasteiger partial charge in [-0.1, -0.05) is 11.3 Å².